The normalized spacial score (nSPS) is 10.3. The third kappa shape index (κ3) is 3.50. The van der Waals surface area contributed by atoms with Crippen LogP contribution in [0, 0.1) is 12.3 Å². The monoisotopic (exact) mass is 310 g/mol. The van der Waals surface area contributed by atoms with E-state index in [4.69, 9.17) is 11.2 Å². The van der Waals surface area contributed by atoms with Crippen LogP contribution in [0.15, 0.2) is 46.5 Å². The van der Waals surface area contributed by atoms with Crippen LogP contribution in [0.1, 0.15) is 23.7 Å². The molecule has 0 saturated carbocycles. The molecule has 1 aromatic heterocycles. The molecule has 5 nitrogen and oxygen atoms in total. The van der Waals surface area contributed by atoms with Gasteiger partial charge in [-0.2, -0.15) is 0 Å². The van der Waals surface area contributed by atoms with Crippen LogP contribution in [-0.4, -0.2) is 16.2 Å². The zero-order chi connectivity index (χ0) is 16.8. The first-order valence-electron chi connectivity index (χ1n) is 7.22. The number of H-pyrrole nitrogens is 1. The van der Waals surface area contributed by atoms with Gasteiger partial charge in [-0.1, -0.05) is 49.8 Å². The number of nitrogens with zero attached hydrogens (tertiary/aromatic N) is 1. The summed E-state index contributed by atoms with van der Waals surface area (Å²) < 4.78 is 6.63. The number of benzene rings is 1. The zero-order valence-corrected chi connectivity index (χ0v) is 13.0. The smallest absolute Gasteiger partial charge is 0.330 e. The summed E-state index contributed by atoms with van der Waals surface area (Å²) in [4.78, 5) is 26.6. The van der Waals surface area contributed by atoms with E-state index < -0.39 is 11.2 Å². The third-order valence-corrected chi connectivity index (χ3v) is 3.46. The van der Waals surface area contributed by atoms with E-state index in [1.54, 1.807) is 0 Å². The highest BCUT2D eigenvalue weighted by molar-refractivity contribution is 5.77. The topological polar surface area (TPSA) is 64.1 Å². The summed E-state index contributed by atoms with van der Waals surface area (Å²) in [7, 11) is 0. The second-order valence-corrected chi connectivity index (χ2v) is 4.89. The second-order valence-electron chi connectivity index (χ2n) is 4.89. The number of rotatable bonds is 6. The van der Waals surface area contributed by atoms with Gasteiger partial charge in [0, 0.05) is 5.56 Å². The molecule has 0 atom stereocenters. The number of aromatic amines is 1. The Morgan fingerprint density at radius 2 is 2.04 bits per heavy atom. The Bertz CT molecular complexity index is 855. The average Bonchev–Trinajstić information content (AvgIpc) is 2.56. The van der Waals surface area contributed by atoms with E-state index in [9.17, 15) is 9.59 Å². The van der Waals surface area contributed by atoms with Gasteiger partial charge < -0.3 is 4.74 Å². The van der Waals surface area contributed by atoms with Crippen LogP contribution in [-0.2, 0) is 17.9 Å². The second kappa shape index (κ2) is 7.43. The van der Waals surface area contributed by atoms with E-state index >= 15 is 0 Å². The van der Waals surface area contributed by atoms with Crippen molar-refractivity contribution >= 4 is 5.57 Å². The Balaban J connectivity index is 2.63. The fourth-order valence-corrected chi connectivity index (χ4v) is 2.38. The van der Waals surface area contributed by atoms with Crippen LogP contribution >= 0.6 is 0 Å². The van der Waals surface area contributed by atoms with E-state index in [2.05, 4.69) is 17.5 Å². The van der Waals surface area contributed by atoms with Gasteiger partial charge in [0.1, 0.15) is 13.3 Å². The van der Waals surface area contributed by atoms with Gasteiger partial charge in [-0.05, 0) is 17.6 Å². The highest BCUT2D eigenvalue weighted by atomic mass is 16.5. The number of nitrogens with one attached hydrogen (secondary N) is 1. The van der Waals surface area contributed by atoms with E-state index in [1.165, 1.54) is 4.57 Å². The molecule has 0 unspecified atom stereocenters. The molecular weight excluding hydrogens is 292 g/mol. The summed E-state index contributed by atoms with van der Waals surface area (Å²) in [5.41, 5.74) is 1.44. The molecule has 1 aromatic carbocycles. The molecule has 0 aliphatic rings. The van der Waals surface area contributed by atoms with Crippen LogP contribution < -0.4 is 11.2 Å². The van der Waals surface area contributed by atoms with Crippen molar-refractivity contribution in [2.75, 3.05) is 6.61 Å². The number of hydrogen-bond donors (Lipinski definition) is 1. The van der Waals surface area contributed by atoms with E-state index in [1.807, 2.05) is 37.3 Å². The molecule has 118 valence electrons. The molecular formula is C18H18N2O3. The van der Waals surface area contributed by atoms with Crippen LogP contribution in [0.2, 0.25) is 0 Å². The maximum atomic E-state index is 12.2. The lowest BCUT2D eigenvalue weighted by molar-refractivity contribution is 0.0995. The number of terminal acetylenes is 1. The van der Waals surface area contributed by atoms with Gasteiger partial charge >= 0.3 is 5.69 Å². The van der Waals surface area contributed by atoms with Gasteiger partial charge in [-0.3, -0.25) is 14.3 Å². The quantitative estimate of drug-likeness (QED) is 0.653. The van der Waals surface area contributed by atoms with Crippen molar-refractivity contribution in [3.63, 3.8) is 0 Å². The number of hydrogen-bond acceptors (Lipinski definition) is 3. The lowest BCUT2D eigenvalue weighted by Crippen LogP contribution is -2.35. The van der Waals surface area contributed by atoms with Crippen LogP contribution in [0.25, 0.3) is 5.57 Å². The summed E-state index contributed by atoms with van der Waals surface area (Å²) >= 11 is 0. The molecule has 23 heavy (non-hydrogen) atoms. The van der Waals surface area contributed by atoms with Gasteiger partial charge in [0.05, 0.1) is 5.69 Å². The molecule has 0 radical (unpaired) electrons. The molecule has 1 N–H and O–H groups in total. The maximum absolute atomic E-state index is 12.2. The largest absolute Gasteiger partial charge is 0.348 e. The van der Waals surface area contributed by atoms with E-state index in [0.717, 1.165) is 5.56 Å². The number of aromatic nitrogens is 2. The molecule has 0 aliphatic heterocycles. The summed E-state index contributed by atoms with van der Waals surface area (Å²) in [6.07, 6.45) is 5.63. The lowest BCUT2D eigenvalue weighted by Gasteiger charge is -2.17. The molecule has 0 bridgehead atoms. The Morgan fingerprint density at radius 3 is 2.65 bits per heavy atom. The first kappa shape index (κ1) is 16.5. The van der Waals surface area contributed by atoms with E-state index in [-0.39, 0.29) is 13.3 Å². The maximum Gasteiger partial charge on any atom is 0.330 e. The first-order valence-corrected chi connectivity index (χ1v) is 7.22. The van der Waals surface area contributed by atoms with Crippen molar-refractivity contribution < 1.29 is 4.74 Å². The Labute approximate surface area is 134 Å². The molecule has 0 saturated heterocycles. The molecule has 1 heterocycles. The highest BCUT2D eigenvalue weighted by Gasteiger charge is 2.17. The van der Waals surface area contributed by atoms with Gasteiger partial charge in [0.15, 0.2) is 0 Å². The minimum Gasteiger partial charge on any atom is -0.348 e. The van der Waals surface area contributed by atoms with Crippen molar-refractivity contribution in [1.82, 2.24) is 9.55 Å². The van der Waals surface area contributed by atoms with Crippen molar-refractivity contribution in [3.05, 3.63) is 74.6 Å². The molecule has 2 rings (SSSR count). The van der Waals surface area contributed by atoms with Crippen molar-refractivity contribution in [3.8, 4) is 12.3 Å². The number of ether oxygens (including phenoxy) is 1. The van der Waals surface area contributed by atoms with Crippen LogP contribution in [0.4, 0.5) is 0 Å². The summed E-state index contributed by atoms with van der Waals surface area (Å²) in [6.45, 7) is 5.94. The Hall–Kier alpha value is -2.84. The fourth-order valence-electron chi connectivity index (χ4n) is 2.38. The summed E-state index contributed by atoms with van der Waals surface area (Å²) in [5, 5.41) is 0. The third-order valence-electron chi connectivity index (χ3n) is 3.46. The van der Waals surface area contributed by atoms with E-state index in [0.29, 0.717) is 23.3 Å². The lowest BCUT2D eigenvalue weighted by atomic mass is 9.99. The minimum atomic E-state index is -0.545. The summed E-state index contributed by atoms with van der Waals surface area (Å²) in [6, 6.07) is 9.38. The highest BCUT2D eigenvalue weighted by Crippen LogP contribution is 2.22. The molecule has 0 spiro atoms. The van der Waals surface area contributed by atoms with Crippen LogP contribution in [0.5, 0.6) is 0 Å². The molecule has 2 aromatic rings. The van der Waals surface area contributed by atoms with Crippen molar-refractivity contribution in [1.29, 1.82) is 0 Å². The minimum absolute atomic E-state index is 0.0476. The molecule has 0 amide bonds. The summed E-state index contributed by atoms with van der Waals surface area (Å²) in [5.74, 6) is 2.35. The first-order chi connectivity index (χ1) is 11.1. The molecule has 0 fully saturated rings. The van der Waals surface area contributed by atoms with Crippen LogP contribution in [0.3, 0.4) is 0 Å². The van der Waals surface area contributed by atoms with Gasteiger partial charge in [0.2, 0.25) is 0 Å². The average molecular weight is 310 g/mol. The van der Waals surface area contributed by atoms with Gasteiger partial charge in [-0.15, -0.1) is 6.42 Å². The Kier molecular flexibility index (Phi) is 5.34. The molecule has 5 heteroatoms. The predicted octanol–water partition coefficient (Wildman–Crippen LogP) is 1.77. The van der Waals surface area contributed by atoms with Crippen molar-refractivity contribution in [2.24, 2.45) is 0 Å². The van der Waals surface area contributed by atoms with Gasteiger partial charge in [-0.25, -0.2) is 4.79 Å². The van der Waals surface area contributed by atoms with Gasteiger partial charge in [0.25, 0.3) is 5.56 Å². The zero-order valence-electron chi connectivity index (χ0n) is 13.0. The standard InChI is InChI=1S/C18H18N2O3/c1-4-11-23-12-20-16(13(3)14-9-7-6-8-10-14)15(5-2)17(21)19-18(20)22/h1,6-10H,3,5,11-12H2,2H3,(H,19,21,22). The predicted molar refractivity (Wildman–Crippen MR) is 90.1 cm³/mol. The SMILES string of the molecule is C#CCOCn1c(C(=C)c2ccccc2)c(CC)c(=O)[nH]c1=O. The van der Waals surface area contributed by atoms with Crippen molar-refractivity contribution in [2.45, 2.75) is 20.1 Å². The molecule has 0 aliphatic carbocycles. The Morgan fingerprint density at radius 1 is 1.35 bits per heavy atom. The fraction of sp³-hybridized carbons (Fsp3) is 0.222.